The van der Waals surface area contributed by atoms with Crippen LogP contribution in [-0.4, -0.2) is 24.3 Å². The lowest BCUT2D eigenvalue weighted by molar-refractivity contribution is -0.119. The van der Waals surface area contributed by atoms with Crippen molar-refractivity contribution in [2.45, 2.75) is 0 Å². The summed E-state index contributed by atoms with van der Waals surface area (Å²) in [5.74, 6) is -1.69. The zero-order valence-corrected chi connectivity index (χ0v) is 15.3. The van der Waals surface area contributed by atoms with Gasteiger partial charge in [0, 0.05) is 11.1 Å². The van der Waals surface area contributed by atoms with Gasteiger partial charge in [-0.2, -0.15) is 5.26 Å². The van der Waals surface area contributed by atoms with Gasteiger partial charge in [0.2, 0.25) is 0 Å². The number of rotatable bonds is 6. The van der Waals surface area contributed by atoms with Crippen molar-refractivity contribution in [2.24, 2.45) is 0 Å². The molecule has 0 aromatic heterocycles. The van der Waals surface area contributed by atoms with Crippen molar-refractivity contribution < 1.29 is 19.1 Å². The van der Waals surface area contributed by atoms with Crippen molar-refractivity contribution >= 4 is 23.3 Å². The third-order valence-electron chi connectivity index (χ3n) is 4.08. The third-order valence-corrected chi connectivity index (χ3v) is 4.08. The maximum absolute atomic E-state index is 12.7. The Hall–Kier alpha value is -4.24. The molecule has 142 valence electrons. The summed E-state index contributed by atoms with van der Waals surface area (Å²) < 4.78 is 5.08. The van der Waals surface area contributed by atoms with Crippen LogP contribution in [0.2, 0.25) is 0 Å². The first-order chi connectivity index (χ1) is 14.1. The quantitative estimate of drug-likeness (QED) is 0.518. The van der Waals surface area contributed by atoms with E-state index in [0.717, 1.165) is 0 Å². The van der Waals surface area contributed by atoms with Gasteiger partial charge in [0.25, 0.3) is 5.91 Å². The van der Waals surface area contributed by atoms with Gasteiger partial charge in [-0.25, -0.2) is 4.79 Å². The maximum Gasteiger partial charge on any atom is 0.339 e. The van der Waals surface area contributed by atoms with E-state index in [0.29, 0.717) is 16.8 Å². The summed E-state index contributed by atoms with van der Waals surface area (Å²) in [4.78, 5) is 37.3. The number of benzene rings is 3. The SMILES string of the molecule is N#Cc1ccccc1NC(=O)COC(=O)c1ccccc1C(=O)c1ccccc1. The van der Waals surface area contributed by atoms with Gasteiger partial charge in [-0.1, -0.05) is 60.7 Å². The van der Waals surface area contributed by atoms with E-state index in [1.807, 2.05) is 6.07 Å². The van der Waals surface area contributed by atoms with E-state index in [2.05, 4.69) is 5.32 Å². The van der Waals surface area contributed by atoms with E-state index in [1.54, 1.807) is 66.7 Å². The molecule has 0 bridgehead atoms. The lowest BCUT2D eigenvalue weighted by atomic mass is 9.98. The molecule has 0 saturated heterocycles. The van der Waals surface area contributed by atoms with E-state index in [1.165, 1.54) is 12.1 Å². The normalized spacial score (nSPS) is 9.90. The molecule has 0 radical (unpaired) electrons. The highest BCUT2D eigenvalue weighted by Gasteiger charge is 2.20. The number of amides is 1. The molecule has 0 aliphatic rings. The number of esters is 1. The van der Waals surface area contributed by atoms with Gasteiger partial charge >= 0.3 is 5.97 Å². The Labute approximate surface area is 167 Å². The number of anilines is 1. The van der Waals surface area contributed by atoms with Gasteiger partial charge in [-0.15, -0.1) is 0 Å². The lowest BCUT2D eigenvalue weighted by Crippen LogP contribution is -2.22. The molecule has 0 fully saturated rings. The molecule has 6 nitrogen and oxygen atoms in total. The van der Waals surface area contributed by atoms with Crippen LogP contribution < -0.4 is 5.32 Å². The van der Waals surface area contributed by atoms with Crippen LogP contribution in [0.4, 0.5) is 5.69 Å². The summed E-state index contributed by atoms with van der Waals surface area (Å²) in [6, 6.07) is 23.3. The summed E-state index contributed by atoms with van der Waals surface area (Å²) in [6.45, 7) is -0.549. The lowest BCUT2D eigenvalue weighted by Gasteiger charge is -2.10. The van der Waals surface area contributed by atoms with Crippen molar-refractivity contribution in [1.82, 2.24) is 0 Å². The summed E-state index contributed by atoms with van der Waals surface area (Å²) in [7, 11) is 0. The minimum absolute atomic E-state index is 0.0755. The molecule has 0 aliphatic carbocycles. The van der Waals surface area contributed by atoms with Crippen LogP contribution in [0.3, 0.4) is 0 Å². The first kappa shape index (κ1) is 19.5. The van der Waals surface area contributed by atoms with Crippen LogP contribution in [-0.2, 0) is 9.53 Å². The van der Waals surface area contributed by atoms with E-state index in [4.69, 9.17) is 10.00 Å². The molecular weight excluding hydrogens is 368 g/mol. The van der Waals surface area contributed by atoms with Crippen LogP contribution in [0.25, 0.3) is 0 Å². The number of carbonyl (C=O) groups is 3. The molecule has 0 heterocycles. The number of nitrogens with zero attached hydrogens (tertiary/aromatic N) is 1. The fraction of sp³-hybridized carbons (Fsp3) is 0.0435. The van der Waals surface area contributed by atoms with Gasteiger partial charge < -0.3 is 10.1 Å². The van der Waals surface area contributed by atoms with Gasteiger partial charge in [-0.3, -0.25) is 9.59 Å². The van der Waals surface area contributed by atoms with E-state index in [9.17, 15) is 14.4 Å². The Morgan fingerprint density at radius 3 is 2.17 bits per heavy atom. The van der Waals surface area contributed by atoms with Crippen molar-refractivity contribution in [3.63, 3.8) is 0 Å². The fourth-order valence-corrected chi connectivity index (χ4v) is 2.69. The molecule has 0 unspecified atom stereocenters. The van der Waals surface area contributed by atoms with Crippen LogP contribution in [0.1, 0.15) is 31.8 Å². The second-order valence-corrected chi connectivity index (χ2v) is 6.02. The number of ether oxygens (including phenoxy) is 1. The minimum Gasteiger partial charge on any atom is -0.452 e. The predicted molar refractivity (Wildman–Crippen MR) is 106 cm³/mol. The maximum atomic E-state index is 12.7. The van der Waals surface area contributed by atoms with Crippen molar-refractivity contribution in [2.75, 3.05) is 11.9 Å². The molecule has 1 amide bonds. The monoisotopic (exact) mass is 384 g/mol. The molecule has 3 aromatic carbocycles. The van der Waals surface area contributed by atoms with E-state index in [-0.39, 0.29) is 16.9 Å². The highest BCUT2D eigenvalue weighted by molar-refractivity contribution is 6.14. The van der Waals surface area contributed by atoms with Crippen molar-refractivity contribution in [3.05, 3.63) is 101 Å². The fourth-order valence-electron chi connectivity index (χ4n) is 2.69. The van der Waals surface area contributed by atoms with Crippen LogP contribution in [0, 0.1) is 11.3 Å². The molecular formula is C23H16N2O4. The number of carbonyl (C=O) groups excluding carboxylic acids is 3. The number of hydrogen-bond donors (Lipinski definition) is 1. The number of nitriles is 1. The first-order valence-electron chi connectivity index (χ1n) is 8.75. The smallest absolute Gasteiger partial charge is 0.339 e. The van der Waals surface area contributed by atoms with Crippen molar-refractivity contribution in [1.29, 1.82) is 5.26 Å². The number of hydrogen-bond acceptors (Lipinski definition) is 5. The number of nitrogens with one attached hydrogen (secondary N) is 1. The number of ketones is 1. The highest BCUT2D eigenvalue weighted by Crippen LogP contribution is 2.16. The van der Waals surface area contributed by atoms with E-state index >= 15 is 0 Å². The zero-order valence-electron chi connectivity index (χ0n) is 15.3. The van der Waals surface area contributed by atoms with Crippen LogP contribution >= 0.6 is 0 Å². The molecule has 3 rings (SSSR count). The van der Waals surface area contributed by atoms with E-state index < -0.39 is 18.5 Å². The molecule has 0 spiro atoms. The minimum atomic E-state index is -0.784. The van der Waals surface area contributed by atoms with Crippen LogP contribution in [0.5, 0.6) is 0 Å². The zero-order chi connectivity index (χ0) is 20.6. The summed E-state index contributed by atoms with van der Waals surface area (Å²) in [5.41, 5.74) is 1.34. The van der Waals surface area contributed by atoms with Gasteiger partial charge in [0.1, 0.15) is 6.07 Å². The predicted octanol–water partition coefficient (Wildman–Crippen LogP) is 3.58. The molecule has 1 N–H and O–H groups in total. The molecule has 3 aromatic rings. The Balaban J connectivity index is 1.69. The third kappa shape index (κ3) is 4.73. The van der Waals surface area contributed by atoms with Gasteiger partial charge in [0.15, 0.2) is 12.4 Å². The molecule has 0 saturated carbocycles. The Bertz CT molecular complexity index is 1100. The second kappa shape index (κ2) is 9.11. The molecule has 6 heteroatoms. The largest absolute Gasteiger partial charge is 0.452 e. The van der Waals surface area contributed by atoms with Crippen molar-refractivity contribution in [3.8, 4) is 6.07 Å². The summed E-state index contributed by atoms with van der Waals surface area (Å²) >= 11 is 0. The average molecular weight is 384 g/mol. The summed E-state index contributed by atoms with van der Waals surface area (Å²) in [6.07, 6.45) is 0. The highest BCUT2D eigenvalue weighted by atomic mass is 16.5. The Kier molecular flexibility index (Phi) is 6.13. The second-order valence-electron chi connectivity index (χ2n) is 6.02. The van der Waals surface area contributed by atoms with Gasteiger partial charge in [-0.05, 0) is 18.2 Å². The molecule has 0 atom stereocenters. The Morgan fingerprint density at radius 1 is 0.828 bits per heavy atom. The Morgan fingerprint density at radius 2 is 1.45 bits per heavy atom. The van der Waals surface area contributed by atoms with Gasteiger partial charge in [0.05, 0.1) is 16.8 Å². The van der Waals surface area contributed by atoms with Crippen LogP contribution in [0.15, 0.2) is 78.9 Å². The molecule has 0 aliphatic heterocycles. The standard InChI is InChI=1S/C23H16N2O4/c24-14-17-10-4-7-13-20(17)25-21(26)15-29-23(28)19-12-6-5-11-18(19)22(27)16-8-2-1-3-9-16/h1-13H,15H2,(H,25,26). The summed E-state index contributed by atoms with van der Waals surface area (Å²) in [5, 5.41) is 11.6. The first-order valence-corrected chi connectivity index (χ1v) is 8.75. The molecule has 29 heavy (non-hydrogen) atoms. The topological polar surface area (TPSA) is 96.3 Å². The average Bonchev–Trinajstić information content (AvgIpc) is 2.78. The number of para-hydroxylation sites is 1.